The predicted molar refractivity (Wildman–Crippen MR) is 79.9 cm³/mol. The highest BCUT2D eigenvalue weighted by Gasteiger charge is 2.53. The molecule has 110 valence electrons. The summed E-state index contributed by atoms with van der Waals surface area (Å²) < 4.78 is 6.27. The second-order valence-electron chi connectivity index (χ2n) is 5.31. The first kappa shape index (κ1) is 14.3. The number of hydrogen-bond acceptors (Lipinski definition) is 3. The minimum atomic E-state index is -1.00. The fourth-order valence-corrected chi connectivity index (χ4v) is 3.44. The van der Waals surface area contributed by atoms with E-state index < -0.39 is 30.0 Å². The molecule has 0 spiro atoms. The molecular formula is C15H14BrNO4. The van der Waals surface area contributed by atoms with Gasteiger partial charge >= 0.3 is 5.97 Å². The third-order valence-corrected chi connectivity index (χ3v) is 4.53. The molecule has 1 aromatic carbocycles. The number of amides is 1. The summed E-state index contributed by atoms with van der Waals surface area (Å²) in [5.41, 5.74) is 1.69. The summed E-state index contributed by atoms with van der Waals surface area (Å²) in [6, 6.07) is 5.56. The summed E-state index contributed by atoms with van der Waals surface area (Å²) in [4.78, 5) is 23.8. The number of nitrogens with one attached hydrogen (secondary N) is 1. The van der Waals surface area contributed by atoms with Crippen molar-refractivity contribution in [3.8, 4) is 0 Å². The molecule has 0 aromatic heterocycles. The first-order chi connectivity index (χ1) is 9.97. The Morgan fingerprint density at radius 1 is 1.24 bits per heavy atom. The van der Waals surface area contributed by atoms with Crippen molar-refractivity contribution >= 4 is 33.5 Å². The lowest BCUT2D eigenvalue weighted by molar-refractivity contribution is -0.145. The van der Waals surface area contributed by atoms with Crippen LogP contribution in [0.25, 0.3) is 0 Å². The highest BCUT2D eigenvalue weighted by atomic mass is 79.9. The molecule has 1 saturated heterocycles. The number of carbonyl (C=O) groups excluding carboxylic acids is 1. The third-order valence-electron chi connectivity index (χ3n) is 3.87. The molecule has 4 unspecified atom stereocenters. The van der Waals surface area contributed by atoms with Crippen molar-refractivity contribution in [2.75, 3.05) is 5.32 Å². The van der Waals surface area contributed by atoms with Gasteiger partial charge in [-0.3, -0.25) is 9.59 Å². The first-order valence-corrected chi connectivity index (χ1v) is 7.40. The van der Waals surface area contributed by atoms with E-state index in [4.69, 9.17) is 4.74 Å². The third kappa shape index (κ3) is 2.49. The number of hydrogen-bond donors (Lipinski definition) is 2. The number of aliphatic carboxylic acids is 1. The van der Waals surface area contributed by atoms with Gasteiger partial charge in [0.25, 0.3) is 0 Å². The number of carboxylic acid groups (broad SMARTS) is 1. The van der Waals surface area contributed by atoms with Crippen LogP contribution in [0.3, 0.4) is 0 Å². The van der Waals surface area contributed by atoms with Crippen molar-refractivity contribution in [2.24, 2.45) is 11.8 Å². The number of fused-ring (bicyclic) bond motifs is 2. The maximum absolute atomic E-state index is 12.4. The molecule has 1 aromatic rings. The number of carbonyl (C=O) groups is 2. The number of rotatable bonds is 3. The molecular weight excluding hydrogens is 338 g/mol. The number of aryl methyl sites for hydroxylation is 1. The summed E-state index contributed by atoms with van der Waals surface area (Å²) >= 11 is 3.39. The maximum atomic E-state index is 12.4. The van der Waals surface area contributed by atoms with Gasteiger partial charge in [0, 0.05) is 4.47 Å². The molecule has 2 aliphatic heterocycles. The van der Waals surface area contributed by atoms with Gasteiger partial charge in [0.15, 0.2) is 0 Å². The van der Waals surface area contributed by atoms with Crippen LogP contribution in [0.1, 0.15) is 5.56 Å². The molecule has 0 saturated carbocycles. The van der Waals surface area contributed by atoms with Crippen LogP contribution < -0.4 is 5.32 Å². The summed E-state index contributed by atoms with van der Waals surface area (Å²) in [7, 11) is 0. The van der Waals surface area contributed by atoms with Crippen LogP contribution in [0.2, 0.25) is 0 Å². The molecule has 3 rings (SSSR count). The number of ether oxygens (including phenoxy) is 1. The maximum Gasteiger partial charge on any atom is 0.310 e. The standard InChI is InChI=1S/C15H14BrNO4/c1-7-2-3-9(8(16)6-7)17-14(18)12-10-4-5-11(21-10)13(12)15(19)20/h2-6,10-13H,1H3,(H,17,18)(H,19,20). The Morgan fingerprint density at radius 3 is 2.52 bits per heavy atom. The predicted octanol–water partition coefficient (Wildman–Crippen LogP) is 2.35. The Morgan fingerprint density at radius 2 is 1.90 bits per heavy atom. The SMILES string of the molecule is Cc1ccc(NC(=O)C2C3C=CC(O3)C2C(=O)O)c(Br)c1. The molecule has 2 bridgehead atoms. The number of benzene rings is 1. The van der Waals surface area contributed by atoms with Crippen molar-refractivity contribution in [1.82, 2.24) is 0 Å². The fraction of sp³-hybridized carbons (Fsp3) is 0.333. The van der Waals surface area contributed by atoms with Gasteiger partial charge in [-0.25, -0.2) is 0 Å². The molecule has 6 heteroatoms. The van der Waals surface area contributed by atoms with Crippen LogP contribution in [0.4, 0.5) is 5.69 Å². The Labute approximate surface area is 130 Å². The smallest absolute Gasteiger partial charge is 0.310 e. The van der Waals surface area contributed by atoms with E-state index in [9.17, 15) is 14.7 Å². The highest BCUT2D eigenvalue weighted by molar-refractivity contribution is 9.10. The van der Waals surface area contributed by atoms with E-state index in [1.165, 1.54) is 0 Å². The molecule has 21 heavy (non-hydrogen) atoms. The fourth-order valence-electron chi connectivity index (χ4n) is 2.85. The lowest BCUT2D eigenvalue weighted by Gasteiger charge is -2.21. The Kier molecular flexibility index (Phi) is 3.59. The van der Waals surface area contributed by atoms with E-state index in [-0.39, 0.29) is 5.91 Å². The van der Waals surface area contributed by atoms with E-state index in [1.807, 2.05) is 19.1 Å². The van der Waals surface area contributed by atoms with Crippen LogP contribution in [0, 0.1) is 18.8 Å². The number of carboxylic acids is 1. The average molecular weight is 352 g/mol. The van der Waals surface area contributed by atoms with E-state index in [0.29, 0.717) is 5.69 Å². The van der Waals surface area contributed by atoms with Crippen LogP contribution in [-0.4, -0.2) is 29.2 Å². The van der Waals surface area contributed by atoms with Crippen molar-refractivity contribution < 1.29 is 19.4 Å². The van der Waals surface area contributed by atoms with Crippen molar-refractivity contribution in [3.63, 3.8) is 0 Å². The molecule has 0 radical (unpaired) electrons. The van der Waals surface area contributed by atoms with Gasteiger partial charge in [0.1, 0.15) is 5.92 Å². The molecule has 1 fully saturated rings. The summed E-state index contributed by atoms with van der Waals surface area (Å²) in [6.07, 6.45) is 2.51. The van der Waals surface area contributed by atoms with Crippen molar-refractivity contribution in [3.05, 3.63) is 40.4 Å². The molecule has 4 atom stereocenters. The van der Waals surface area contributed by atoms with E-state index in [0.717, 1.165) is 10.0 Å². The Balaban J connectivity index is 1.82. The monoisotopic (exact) mass is 351 g/mol. The van der Waals surface area contributed by atoms with E-state index >= 15 is 0 Å². The van der Waals surface area contributed by atoms with Gasteiger partial charge in [-0.05, 0) is 40.5 Å². The van der Waals surface area contributed by atoms with Gasteiger partial charge in [0.2, 0.25) is 5.91 Å². The van der Waals surface area contributed by atoms with Crippen LogP contribution in [0.15, 0.2) is 34.8 Å². The Hall–Kier alpha value is -1.66. The van der Waals surface area contributed by atoms with E-state index in [2.05, 4.69) is 21.2 Å². The zero-order valence-electron chi connectivity index (χ0n) is 11.2. The molecule has 0 aliphatic carbocycles. The van der Waals surface area contributed by atoms with Gasteiger partial charge < -0.3 is 15.2 Å². The topological polar surface area (TPSA) is 75.6 Å². The Bertz CT molecular complexity index is 643. The number of halogens is 1. The van der Waals surface area contributed by atoms with Gasteiger partial charge in [-0.15, -0.1) is 0 Å². The summed E-state index contributed by atoms with van der Waals surface area (Å²) in [5, 5.41) is 12.1. The minimum absolute atomic E-state index is 0.330. The lowest BCUT2D eigenvalue weighted by Crippen LogP contribution is -2.39. The van der Waals surface area contributed by atoms with E-state index in [1.54, 1.807) is 18.2 Å². The zero-order valence-corrected chi connectivity index (χ0v) is 12.8. The second-order valence-corrected chi connectivity index (χ2v) is 6.17. The lowest BCUT2D eigenvalue weighted by atomic mass is 9.82. The molecule has 2 heterocycles. The minimum Gasteiger partial charge on any atom is -0.481 e. The average Bonchev–Trinajstić information content (AvgIpc) is 3.02. The van der Waals surface area contributed by atoms with Gasteiger partial charge in [0.05, 0.1) is 23.8 Å². The second kappa shape index (κ2) is 5.27. The molecule has 2 N–H and O–H groups in total. The molecule has 1 amide bonds. The normalized spacial score (nSPS) is 29.6. The first-order valence-electron chi connectivity index (χ1n) is 6.61. The summed E-state index contributed by atoms with van der Waals surface area (Å²) in [5.74, 6) is -2.87. The van der Waals surface area contributed by atoms with Crippen LogP contribution in [-0.2, 0) is 14.3 Å². The van der Waals surface area contributed by atoms with Crippen LogP contribution in [0.5, 0.6) is 0 Å². The van der Waals surface area contributed by atoms with Gasteiger partial charge in [-0.1, -0.05) is 18.2 Å². The molecule has 5 nitrogen and oxygen atoms in total. The van der Waals surface area contributed by atoms with Crippen molar-refractivity contribution in [2.45, 2.75) is 19.1 Å². The number of anilines is 1. The van der Waals surface area contributed by atoms with Crippen LogP contribution >= 0.6 is 15.9 Å². The summed E-state index contributed by atoms with van der Waals surface area (Å²) in [6.45, 7) is 1.95. The van der Waals surface area contributed by atoms with Gasteiger partial charge in [-0.2, -0.15) is 0 Å². The quantitative estimate of drug-likeness (QED) is 0.819. The highest BCUT2D eigenvalue weighted by Crippen LogP contribution is 2.40. The van der Waals surface area contributed by atoms with Crippen molar-refractivity contribution in [1.29, 1.82) is 0 Å². The largest absolute Gasteiger partial charge is 0.481 e. The zero-order chi connectivity index (χ0) is 15.1. The molecule has 2 aliphatic rings.